The fourth-order valence-corrected chi connectivity index (χ4v) is 2.00. The fourth-order valence-electron chi connectivity index (χ4n) is 2.00. The van der Waals surface area contributed by atoms with Gasteiger partial charge < -0.3 is 5.73 Å². The van der Waals surface area contributed by atoms with Crippen LogP contribution >= 0.6 is 0 Å². The molecule has 1 aromatic rings. The number of halogens is 1. The van der Waals surface area contributed by atoms with Gasteiger partial charge in [0.2, 0.25) is 0 Å². The van der Waals surface area contributed by atoms with E-state index in [4.69, 9.17) is 5.73 Å². The Hall–Kier alpha value is -0.930. The molecule has 2 unspecified atom stereocenters. The monoisotopic (exact) mass is 266 g/mol. The molecule has 2 atom stereocenters. The molecule has 0 aliphatic carbocycles. The molecule has 0 aromatic heterocycles. The highest BCUT2D eigenvalue weighted by Gasteiger charge is 2.15. The van der Waals surface area contributed by atoms with Crippen LogP contribution in [0.4, 0.5) is 4.39 Å². The number of aryl methyl sites for hydroxylation is 1. The van der Waals surface area contributed by atoms with E-state index in [0.29, 0.717) is 11.5 Å². The van der Waals surface area contributed by atoms with Crippen LogP contribution in [0.2, 0.25) is 0 Å². The van der Waals surface area contributed by atoms with Crippen molar-refractivity contribution < 1.29 is 4.39 Å². The lowest BCUT2D eigenvalue weighted by molar-refractivity contribution is 0.243. The normalized spacial score (nSPS) is 15.0. The lowest BCUT2D eigenvalue weighted by Gasteiger charge is -2.27. The van der Waals surface area contributed by atoms with E-state index < -0.39 is 0 Å². The summed E-state index contributed by atoms with van der Waals surface area (Å²) in [5, 5.41) is 0. The van der Waals surface area contributed by atoms with Crippen LogP contribution in [0, 0.1) is 18.7 Å². The van der Waals surface area contributed by atoms with Crippen LogP contribution in [0.15, 0.2) is 18.2 Å². The van der Waals surface area contributed by atoms with E-state index in [2.05, 4.69) is 32.7 Å². The van der Waals surface area contributed by atoms with E-state index in [1.165, 1.54) is 0 Å². The van der Waals surface area contributed by atoms with Gasteiger partial charge in [0, 0.05) is 12.1 Å². The third-order valence-corrected chi connectivity index (χ3v) is 4.01. The van der Waals surface area contributed by atoms with Crippen LogP contribution in [-0.2, 0) is 0 Å². The molecule has 0 heterocycles. The summed E-state index contributed by atoms with van der Waals surface area (Å²) >= 11 is 0. The third kappa shape index (κ3) is 4.59. The van der Waals surface area contributed by atoms with Crippen molar-refractivity contribution in [2.45, 2.75) is 46.2 Å². The number of rotatable bonds is 6. The first kappa shape index (κ1) is 16.1. The number of nitrogens with two attached hydrogens (primary N) is 1. The Morgan fingerprint density at radius 3 is 2.42 bits per heavy atom. The molecule has 0 fully saturated rings. The van der Waals surface area contributed by atoms with Crippen LogP contribution in [0.1, 0.15) is 44.4 Å². The van der Waals surface area contributed by atoms with Crippen molar-refractivity contribution in [2.24, 2.45) is 11.7 Å². The maximum absolute atomic E-state index is 13.6. The van der Waals surface area contributed by atoms with Crippen LogP contribution in [0.5, 0.6) is 0 Å². The standard InChI is InChI=1S/C16H27FN2/c1-11(2)16(18)8-9-19(5)13(4)14-7-6-12(3)15(17)10-14/h6-7,10-11,13,16H,8-9,18H2,1-5H3. The van der Waals surface area contributed by atoms with E-state index in [-0.39, 0.29) is 17.9 Å². The molecule has 2 nitrogen and oxygen atoms in total. The van der Waals surface area contributed by atoms with Crippen molar-refractivity contribution in [3.05, 3.63) is 35.1 Å². The third-order valence-electron chi connectivity index (χ3n) is 4.01. The van der Waals surface area contributed by atoms with Gasteiger partial charge in [0.1, 0.15) is 5.82 Å². The van der Waals surface area contributed by atoms with Gasteiger partial charge in [-0.3, -0.25) is 4.90 Å². The summed E-state index contributed by atoms with van der Waals surface area (Å²) in [5.74, 6) is 0.372. The summed E-state index contributed by atoms with van der Waals surface area (Å²) in [4.78, 5) is 2.23. The average Bonchev–Trinajstić information content (AvgIpc) is 2.37. The van der Waals surface area contributed by atoms with Crippen molar-refractivity contribution in [1.82, 2.24) is 4.90 Å². The second kappa shape index (κ2) is 7.01. The molecule has 0 bridgehead atoms. The summed E-state index contributed by atoms with van der Waals surface area (Å²) in [5.41, 5.74) is 7.77. The molecule has 0 radical (unpaired) electrons. The molecule has 19 heavy (non-hydrogen) atoms. The zero-order valence-corrected chi connectivity index (χ0v) is 12.8. The maximum Gasteiger partial charge on any atom is 0.126 e. The average molecular weight is 266 g/mol. The number of hydrogen-bond acceptors (Lipinski definition) is 2. The summed E-state index contributed by atoms with van der Waals surface area (Å²) in [6.07, 6.45) is 0.965. The highest BCUT2D eigenvalue weighted by molar-refractivity contribution is 5.25. The molecule has 0 saturated heterocycles. The zero-order valence-electron chi connectivity index (χ0n) is 12.8. The first-order chi connectivity index (χ1) is 8.82. The topological polar surface area (TPSA) is 29.3 Å². The van der Waals surface area contributed by atoms with Gasteiger partial charge in [-0.05, 0) is 57.0 Å². The van der Waals surface area contributed by atoms with Gasteiger partial charge in [0.25, 0.3) is 0 Å². The van der Waals surface area contributed by atoms with Gasteiger partial charge in [-0.1, -0.05) is 26.0 Å². The molecule has 1 rings (SSSR count). The lowest BCUT2D eigenvalue weighted by Crippen LogP contribution is -2.33. The molecule has 0 aliphatic heterocycles. The molecule has 0 amide bonds. The van der Waals surface area contributed by atoms with Crippen molar-refractivity contribution in [3.8, 4) is 0 Å². The van der Waals surface area contributed by atoms with E-state index in [9.17, 15) is 4.39 Å². The van der Waals surface area contributed by atoms with E-state index in [1.807, 2.05) is 12.1 Å². The Morgan fingerprint density at radius 1 is 1.26 bits per heavy atom. The predicted octanol–water partition coefficient (Wildman–Crippen LogP) is 3.50. The van der Waals surface area contributed by atoms with Gasteiger partial charge in [0.15, 0.2) is 0 Å². The lowest BCUT2D eigenvalue weighted by atomic mass is 10.0. The molecular weight excluding hydrogens is 239 g/mol. The smallest absolute Gasteiger partial charge is 0.126 e. The predicted molar refractivity (Wildman–Crippen MR) is 79.6 cm³/mol. The Labute approximate surface area is 116 Å². The molecule has 0 spiro atoms. The molecule has 108 valence electrons. The molecular formula is C16H27FN2. The van der Waals surface area contributed by atoms with Crippen molar-refractivity contribution in [2.75, 3.05) is 13.6 Å². The minimum absolute atomic E-state index is 0.128. The van der Waals surface area contributed by atoms with Crippen molar-refractivity contribution >= 4 is 0 Å². The van der Waals surface area contributed by atoms with Gasteiger partial charge >= 0.3 is 0 Å². The number of nitrogens with zero attached hydrogens (tertiary/aromatic N) is 1. The Bertz CT molecular complexity index is 404. The first-order valence-corrected chi connectivity index (χ1v) is 7.04. The summed E-state index contributed by atoms with van der Waals surface area (Å²) in [6, 6.07) is 5.91. The number of hydrogen-bond donors (Lipinski definition) is 1. The van der Waals surface area contributed by atoms with E-state index in [1.54, 1.807) is 13.0 Å². The fraction of sp³-hybridized carbons (Fsp3) is 0.625. The van der Waals surface area contributed by atoms with Crippen molar-refractivity contribution in [1.29, 1.82) is 0 Å². The Balaban J connectivity index is 2.61. The second-order valence-corrected chi connectivity index (χ2v) is 5.86. The molecule has 0 aliphatic rings. The minimum Gasteiger partial charge on any atom is -0.327 e. The van der Waals surface area contributed by atoms with Gasteiger partial charge in [-0.15, -0.1) is 0 Å². The maximum atomic E-state index is 13.6. The van der Waals surface area contributed by atoms with Gasteiger partial charge in [-0.2, -0.15) is 0 Å². The molecule has 1 aromatic carbocycles. The van der Waals surface area contributed by atoms with Crippen LogP contribution in [0.3, 0.4) is 0 Å². The summed E-state index contributed by atoms with van der Waals surface area (Å²) in [6.45, 7) is 9.10. The quantitative estimate of drug-likeness (QED) is 0.854. The Morgan fingerprint density at radius 2 is 1.89 bits per heavy atom. The SMILES string of the molecule is Cc1ccc(C(C)N(C)CCC(N)C(C)C)cc1F. The molecule has 0 saturated carbocycles. The highest BCUT2D eigenvalue weighted by Crippen LogP contribution is 2.21. The van der Waals surface area contributed by atoms with Crippen LogP contribution in [0.25, 0.3) is 0 Å². The Kier molecular flexibility index (Phi) is 5.95. The van der Waals surface area contributed by atoms with Gasteiger partial charge in [-0.25, -0.2) is 4.39 Å². The van der Waals surface area contributed by atoms with E-state index in [0.717, 1.165) is 18.5 Å². The largest absolute Gasteiger partial charge is 0.327 e. The highest BCUT2D eigenvalue weighted by atomic mass is 19.1. The first-order valence-electron chi connectivity index (χ1n) is 7.04. The number of benzene rings is 1. The zero-order chi connectivity index (χ0) is 14.6. The van der Waals surface area contributed by atoms with E-state index >= 15 is 0 Å². The summed E-state index contributed by atoms with van der Waals surface area (Å²) in [7, 11) is 2.06. The second-order valence-electron chi connectivity index (χ2n) is 5.86. The van der Waals surface area contributed by atoms with Gasteiger partial charge in [0.05, 0.1) is 0 Å². The minimum atomic E-state index is -0.128. The van der Waals surface area contributed by atoms with Crippen LogP contribution in [-0.4, -0.2) is 24.5 Å². The molecule has 3 heteroatoms. The molecule has 2 N–H and O–H groups in total. The summed E-state index contributed by atoms with van der Waals surface area (Å²) < 4.78 is 13.6. The van der Waals surface area contributed by atoms with Crippen LogP contribution < -0.4 is 5.73 Å². The van der Waals surface area contributed by atoms with Crippen molar-refractivity contribution in [3.63, 3.8) is 0 Å².